The van der Waals surface area contributed by atoms with Crippen molar-refractivity contribution in [2.45, 2.75) is 220 Å². The molecule has 4 unspecified atom stereocenters. The van der Waals surface area contributed by atoms with Crippen molar-refractivity contribution in [1.82, 2.24) is 0 Å². The first kappa shape index (κ1) is 36.0. The lowest BCUT2D eigenvalue weighted by molar-refractivity contribution is 0.0582. The molecule has 228 valence electrons. The van der Waals surface area contributed by atoms with Crippen molar-refractivity contribution in [2.75, 3.05) is 0 Å². The fourth-order valence-electron chi connectivity index (χ4n) is 7.87. The minimum atomic E-state index is 1.06. The Hall–Kier alpha value is 0. The normalized spacial score (nSPS) is 21.8. The predicted octanol–water partition coefficient (Wildman–Crippen LogP) is 14.2. The van der Waals surface area contributed by atoms with Gasteiger partial charge in [-0.25, -0.2) is 0 Å². The smallest absolute Gasteiger partial charge is 0.0355 e. The third-order valence-electron chi connectivity index (χ3n) is 10.3. The van der Waals surface area contributed by atoms with Gasteiger partial charge in [0.2, 0.25) is 0 Å². The minimum absolute atomic E-state index is 1.06. The molecule has 4 atom stereocenters. The molecule has 0 radical (unpaired) electrons. The standard InChI is InChI=1S/C38H76/c1-5-9-13-15-17-19-20-22-24-28-32-38-36(30-27-23-21-18-16-14-10-6-2)34-33-35(29-25-11-7-3)37(38)31-26-12-8-4/h35-38H,5-34H2,1-4H3. The lowest BCUT2D eigenvalue weighted by Crippen LogP contribution is -2.35. The zero-order chi connectivity index (χ0) is 27.5. The van der Waals surface area contributed by atoms with Gasteiger partial charge in [0, 0.05) is 0 Å². The molecule has 1 rings (SSSR count). The topological polar surface area (TPSA) is 0 Å². The summed E-state index contributed by atoms with van der Waals surface area (Å²) in [6.07, 6.45) is 44.7. The van der Waals surface area contributed by atoms with E-state index in [-0.39, 0.29) is 0 Å². The van der Waals surface area contributed by atoms with Crippen molar-refractivity contribution in [3.05, 3.63) is 0 Å². The summed E-state index contributed by atoms with van der Waals surface area (Å²) in [5, 5.41) is 0. The first-order chi connectivity index (χ1) is 18.8. The SMILES string of the molecule is CCCCCCCCCCCCC1C(CCCCCCCCCC)CCC(CCCCC)C1CCCCC. The van der Waals surface area contributed by atoms with E-state index in [1.165, 1.54) is 154 Å². The molecule has 0 nitrogen and oxygen atoms in total. The predicted molar refractivity (Wildman–Crippen MR) is 175 cm³/mol. The third kappa shape index (κ3) is 18.4. The van der Waals surface area contributed by atoms with Gasteiger partial charge in [0.05, 0.1) is 0 Å². The Morgan fingerprint density at radius 3 is 0.895 bits per heavy atom. The van der Waals surface area contributed by atoms with Crippen LogP contribution in [0.2, 0.25) is 0 Å². The van der Waals surface area contributed by atoms with Crippen LogP contribution in [0.1, 0.15) is 220 Å². The average molecular weight is 533 g/mol. The number of hydrogen-bond acceptors (Lipinski definition) is 0. The summed E-state index contributed by atoms with van der Waals surface area (Å²) in [5.41, 5.74) is 0. The van der Waals surface area contributed by atoms with Crippen LogP contribution in [-0.2, 0) is 0 Å². The number of hydrogen-bond donors (Lipinski definition) is 0. The summed E-state index contributed by atoms with van der Waals surface area (Å²) in [5.74, 6) is 4.24. The van der Waals surface area contributed by atoms with E-state index in [2.05, 4.69) is 27.7 Å². The number of rotatable bonds is 28. The fraction of sp³-hybridized carbons (Fsp3) is 1.00. The van der Waals surface area contributed by atoms with Gasteiger partial charge < -0.3 is 0 Å². The van der Waals surface area contributed by atoms with Crippen LogP contribution >= 0.6 is 0 Å². The van der Waals surface area contributed by atoms with Crippen LogP contribution in [-0.4, -0.2) is 0 Å². The highest BCUT2D eigenvalue weighted by Gasteiger charge is 2.37. The second-order valence-electron chi connectivity index (χ2n) is 13.7. The lowest BCUT2D eigenvalue weighted by atomic mass is 9.61. The molecule has 0 bridgehead atoms. The maximum atomic E-state index is 2.39. The molecule has 0 saturated heterocycles. The molecule has 38 heavy (non-hydrogen) atoms. The van der Waals surface area contributed by atoms with Gasteiger partial charge in [-0.15, -0.1) is 0 Å². The molecule has 0 spiro atoms. The Kier molecular flexibility index (Phi) is 25.8. The maximum Gasteiger partial charge on any atom is -0.0355 e. The molecule has 0 N–H and O–H groups in total. The van der Waals surface area contributed by atoms with Crippen molar-refractivity contribution in [3.63, 3.8) is 0 Å². The molecular formula is C38H76. The van der Waals surface area contributed by atoms with Crippen LogP contribution in [0, 0.1) is 23.7 Å². The zero-order valence-corrected chi connectivity index (χ0v) is 27.5. The van der Waals surface area contributed by atoms with Crippen LogP contribution in [0.5, 0.6) is 0 Å². The fourth-order valence-corrected chi connectivity index (χ4v) is 7.87. The summed E-state index contributed by atoms with van der Waals surface area (Å²) >= 11 is 0. The molecule has 0 aromatic rings. The number of unbranched alkanes of at least 4 members (excludes halogenated alkanes) is 20. The second kappa shape index (κ2) is 27.2. The van der Waals surface area contributed by atoms with Crippen LogP contribution < -0.4 is 0 Å². The maximum absolute atomic E-state index is 2.39. The first-order valence-electron chi connectivity index (χ1n) is 18.8. The molecule has 0 aromatic carbocycles. The highest BCUT2D eigenvalue weighted by Crippen LogP contribution is 2.47. The van der Waals surface area contributed by atoms with E-state index in [4.69, 9.17) is 0 Å². The van der Waals surface area contributed by atoms with E-state index in [9.17, 15) is 0 Å². The molecule has 1 aliphatic rings. The molecule has 0 aromatic heterocycles. The van der Waals surface area contributed by atoms with Gasteiger partial charge >= 0.3 is 0 Å². The van der Waals surface area contributed by atoms with Gasteiger partial charge in [-0.3, -0.25) is 0 Å². The largest absolute Gasteiger partial charge is 0.0654 e. The Labute approximate surface area is 243 Å². The minimum Gasteiger partial charge on any atom is -0.0654 e. The zero-order valence-electron chi connectivity index (χ0n) is 27.5. The van der Waals surface area contributed by atoms with E-state index >= 15 is 0 Å². The lowest BCUT2D eigenvalue weighted by Gasteiger charge is -2.44. The van der Waals surface area contributed by atoms with Gasteiger partial charge in [-0.05, 0) is 49.4 Å². The second-order valence-corrected chi connectivity index (χ2v) is 13.7. The van der Waals surface area contributed by atoms with Crippen LogP contribution in [0.3, 0.4) is 0 Å². The Bertz CT molecular complexity index is 453. The summed E-state index contributed by atoms with van der Waals surface area (Å²) in [7, 11) is 0. The van der Waals surface area contributed by atoms with Crippen molar-refractivity contribution < 1.29 is 0 Å². The summed E-state index contributed by atoms with van der Waals surface area (Å²) in [6.45, 7) is 9.44. The molecule has 0 heteroatoms. The molecule has 1 saturated carbocycles. The third-order valence-corrected chi connectivity index (χ3v) is 10.3. The van der Waals surface area contributed by atoms with E-state index in [0.29, 0.717) is 0 Å². The van der Waals surface area contributed by atoms with Crippen molar-refractivity contribution in [2.24, 2.45) is 23.7 Å². The van der Waals surface area contributed by atoms with Crippen LogP contribution in [0.15, 0.2) is 0 Å². The quantitative estimate of drug-likeness (QED) is 0.0879. The van der Waals surface area contributed by atoms with Crippen molar-refractivity contribution in [1.29, 1.82) is 0 Å². The summed E-state index contributed by atoms with van der Waals surface area (Å²) in [6, 6.07) is 0. The van der Waals surface area contributed by atoms with E-state index in [1.54, 1.807) is 38.5 Å². The monoisotopic (exact) mass is 533 g/mol. The van der Waals surface area contributed by atoms with E-state index in [1.807, 2.05) is 0 Å². The molecule has 1 aliphatic carbocycles. The van der Waals surface area contributed by atoms with Gasteiger partial charge in [-0.1, -0.05) is 195 Å². The highest BCUT2D eigenvalue weighted by molar-refractivity contribution is 4.88. The highest BCUT2D eigenvalue weighted by atomic mass is 14.4. The van der Waals surface area contributed by atoms with Gasteiger partial charge in [0.25, 0.3) is 0 Å². The Morgan fingerprint density at radius 2 is 0.526 bits per heavy atom. The summed E-state index contributed by atoms with van der Waals surface area (Å²) < 4.78 is 0. The van der Waals surface area contributed by atoms with Crippen molar-refractivity contribution in [3.8, 4) is 0 Å². The van der Waals surface area contributed by atoms with Gasteiger partial charge in [-0.2, -0.15) is 0 Å². The average Bonchev–Trinajstić information content (AvgIpc) is 2.93. The van der Waals surface area contributed by atoms with Crippen LogP contribution in [0.25, 0.3) is 0 Å². The van der Waals surface area contributed by atoms with E-state index in [0.717, 1.165) is 23.7 Å². The van der Waals surface area contributed by atoms with Gasteiger partial charge in [0.1, 0.15) is 0 Å². The molecule has 1 fully saturated rings. The molecular weight excluding hydrogens is 456 g/mol. The first-order valence-corrected chi connectivity index (χ1v) is 18.8. The Morgan fingerprint density at radius 1 is 0.289 bits per heavy atom. The molecule has 0 aliphatic heterocycles. The van der Waals surface area contributed by atoms with Gasteiger partial charge in [0.15, 0.2) is 0 Å². The molecule has 0 heterocycles. The van der Waals surface area contributed by atoms with E-state index < -0.39 is 0 Å². The summed E-state index contributed by atoms with van der Waals surface area (Å²) in [4.78, 5) is 0. The van der Waals surface area contributed by atoms with Crippen LogP contribution in [0.4, 0.5) is 0 Å². The van der Waals surface area contributed by atoms with Crippen molar-refractivity contribution >= 4 is 0 Å². The Balaban J connectivity index is 2.55. The molecule has 0 amide bonds.